The lowest BCUT2D eigenvalue weighted by molar-refractivity contribution is -0.138. The van der Waals surface area contributed by atoms with Crippen LogP contribution in [0.3, 0.4) is 0 Å². The number of rotatable bonds is 6. The van der Waals surface area contributed by atoms with Crippen molar-refractivity contribution in [2.75, 3.05) is 13.1 Å². The van der Waals surface area contributed by atoms with E-state index in [0.29, 0.717) is 13.0 Å². The van der Waals surface area contributed by atoms with Crippen LogP contribution < -0.4 is 5.32 Å². The average Bonchev–Trinajstić information content (AvgIpc) is 3.05. The molecule has 126 valence electrons. The molecule has 1 saturated heterocycles. The number of aliphatic carboxylic acids is 1. The molecular formula is C16H22N2O5. The lowest BCUT2D eigenvalue weighted by Crippen LogP contribution is -2.52. The lowest BCUT2D eigenvalue weighted by atomic mass is 10.0. The van der Waals surface area contributed by atoms with E-state index >= 15 is 0 Å². The third-order valence-electron chi connectivity index (χ3n) is 3.95. The van der Waals surface area contributed by atoms with Crippen LogP contribution in [0.4, 0.5) is 0 Å². The molecular weight excluding hydrogens is 300 g/mol. The van der Waals surface area contributed by atoms with Gasteiger partial charge in [-0.25, -0.2) is 0 Å². The molecule has 7 nitrogen and oxygen atoms in total. The van der Waals surface area contributed by atoms with E-state index in [1.165, 1.54) is 6.26 Å². The third kappa shape index (κ3) is 4.58. The fourth-order valence-corrected chi connectivity index (χ4v) is 2.75. The molecule has 1 aromatic rings. The van der Waals surface area contributed by atoms with Crippen LogP contribution in [-0.4, -0.2) is 46.9 Å². The Morgan fingerprint density at radius 3 is 2.87 bits per heavy atom. The quantitative estimate of drug-likeness (QED) is 0.827. The monoisotopic (exact) mass is 322 g/mol. The summed E-state index contributed by atoms with van der Waals surface area (Å²) < 4.78 is 5.13. The zero-order valence-corrected chi connectivity index (χ0v) is 13.2. The summed E-state index contributed by atoms with van der Waals surface area (Å²) >= 11 is 0. The molecule has 0 aliphatic carbocycles. The Hall–Kier alpha value is -2.31. The van der Waals surface area contributed by atoms with Gasteiger partial charge in [0.05, 0.1) is 6.26 Å². The predicted molar refractivity (Wildman–Crippen MR) is 81.8 cm³/mol. The molecule has 0 bridgehead atoms. The minimum Gasteiger partial charge on any atom is -0.481 e. The highest BCUT2D eigenvalue weighted by molar-refractivity contribution is 5.95. The number of carboxylic acid groups (broad SMARTS) is 1. The van der Waals surface area contributed by atoms with Crippen molar-refractivity contribution in [3.05, 3.63) is 24.2 Å². The number of piperidine rings is 1. The maximum Gasteiger partial charge on any atom is 0.303 e. The zero-order chi connectivity index (χ0) is 16.8. The van der Waals surface area contributed by atoms with Crippen molar-refractivity contribution in [1.29, 1.82) is 0 Å². The Balaban J connectivity index is 1.96. The smallest absolute Gasteiger partial charge is 0.303 e. The van der Waals surface area contributed by atoms with Crippen LogP contribution in [0.25, 0.3) is 0 Å². The zero-order valence-electron chi connectivity index (χ0n) is 13.2. The van der Waals surface area contributed by atoms with Gasteiger partial charge in [0.1, 0.15) is 6.04 Å². The minimum absolute atomic E-state index is 0.0000130. The fraction of sp³-hybridized carbons (Fsp3) is 0.562. The Labute approximate surface area is 134 Å². The molecule has 1 aliphatic heterocycles. The van der Waals surface area contributed by atoms with Gasteiger partial charge in [-0.05, 0) is 37.3 Å². The van der Waals surface area contributed by atoms with Crippen LogP contribution >= 0.6 is 0 Å². The van der Waals surface area contributed by atoms with Crippen LogP contribution in [0.2, 0.25) is 0 Å². The van der Waals surface area contributed by atoms with Crippen LogP contribution in [0.15, 0.2) is 22.8 Å². The number of carbonyl (C=O) groups excluding carboxylic acids is 2. The van der Waals surface area contributed by atoms with Gasteiger partial charge in [0.2, 0.25) is 5.91 Å². The van der Waals surface area contributed by atoms with Crippen molar-refractivity contribution < 1.29 is 23.9 Å². The summed E-state index contributed by atoms with van der Waals surface area (Å²) in [6, 6.07) is 2.69. The van der Waals surface area contributed by atoms with Gasteiger partial charge in [0.15, 0.2) is 5.76 Å². The molecule has 1 fully saturated rings. The summed E-state index contributed by atoms with van der Waals surface area (Å²) in [7, 11) is 0. The van der Waals surface area contributed by atoms with Gasteiger partial charge in [0.25, 0.3) is 5.91 Å². The summed E-state index contributed by atoms with van der Waals surface area (Å²) in [5.74, 6) is -1.34. The first-order valence-corrected chi connectivity index (χ1v) is 7.83. The van der Waals surface area contributed by atoms with E-state index in [-0.39, 0.29) is 36.5 Å². The van der Waals surface area contributed by atoms with E-state index in [1.807, 2.05) is 0 Å². The number of hydrogen-bond acceptors (Lipinski definition) is 4. The van der Waals surface area contributed by atoms with E-state index < -0.39 is 12.0 Å². The lowest BCUT2D eigenvalue weighted by Gasteiger charge is -2.34. The number of amides is 2. The number of likely N-dealkylation sites (tertiary alicyclic amines) is 1. The Morgan fingerprint density at radius 1 is 1.43 bits per heavy atom. The maximum atomic E-state index is 12.4. The number of nitrogens with zero attached hydrogens (tertiary/aromatic N) is 1. The summed E-state index contributed by atoms with van der Waals surface area (Å²) in [5.41, 5.74) is 0. The van der Waals surface area contributed by atoms with Gasteiger partial charge < -0.3 is 19.7 Å². The van der Waals surface area contributed by atoms with Gasteiger partial charge >= 0.3 is 5.97 Å². The van der Waals surface area contributed by atoms with Crippen molar-refractivity contribution in [1.82, 2.24) is 10.2 Å². The SMILES string of the molecule is CC(CNC(=O)C1CCCCN1C(=O)c1ccco1)CC(=O)O. The number of nitrogens with one attached hydrogen (secondary N) is 1. The first kappa shape index (κ1) is 17.1. The molecule has 1 aromatic heterocycles. The first-order chi connectivity index (χ1) is 11.0. The Kier molecular flexibility index (Phi) is 5.78. The summed E-state index contributed by atoms with van der Waals surface area (Å²) in [6.45, 7) is 2.56. The molecule has 23 heavy (non-hydrogen) atoms. The topological polar surface area (TPSA) is 99.9 Å². The van der Waals surface area contributed by atoms with Crippen molar-refractivity contribution >= 4 is 17.8 Å². The number of furan rings is 1. The Bertz CT molecular complexity index is 555. The van der Waals surface area contributed by atoms with E-state index in [2.05, 4.69) is 5.32 Å². The molecule has 2 N–H and O–H groups in total. The van der Waals surface area contributed by atoms with E-state index in [1.54, 1.807) is 24.0 Å². The van der Waals surface area contributed by atoms with Crippen LogP contribution in [0.1, 0.15) is 43.2 Å². The normalized spacial score (nSPS) is 19.2. The molecule has 7 heteroatoms. The molecule has 2 heterocycles. The minimum atomic E-state index is -0.890. The molecule has 2 amide bonds. The van der Waals surface area contributed by atoms with Gasteiger partial charge in [-0.3, -0.25) is 14.4 Å². The van der Waals surface area contributed by atoms with Crippen molar-refractivity contribution in [2.24, 2.45) is 5.92 Å². The number of carbonyl (C=O) groups is 3. The summed E-state index contributed by atoms with van der Waals surface area (Å²) in [4.78, 5) is 37.0. The standard InChI is InChI=1S/C16H22N2O5/c1-11(9-14(19)20)10-17-15(21)12-5-2-3-7-18(12)16(22)13-6-4-8-23-13/h4,6,8,11-12H,2-3,5,7,9-10H2,1H3,(H,17,21)(H,19,20). The Morgan fingerprint density at radius 2 is 2.22 bits per heavy atom. The second-order valence-electron chi connectivity index (χ2n) is 5.94. The second-order valence-corrected chi connectivity index (χ2v) is 5.94. The third-order valence-corrected chi connectivity index (χ3v) is 3.95. The summed E-state index contributed by atoms with van der Waals surface area (Å²) in [6.07, 6.45) is 3.77. The molecule has 0 radical (unpaired) electrons. The van der Waals surface area contributed by atoms with E-state index in [9.17, 15) is 14.4 Å². The fourth-order valence-electron chi connectivity index (χ4n) is 2.75. The predicted octanol–water partition coefficient (Wildman–Crippen LogP) is 1.50. The molecule has 0 aromatic carbocycles. The average molecular weight is 322 g/mol. The van der Waals surface area contributed by atoms with Crippen LogP contribution in [0.5, 0.6) is 0 Å². The van der Waals surface area contributed by atoms with Crippen LogP contribution in [0, 0.1) is 5.92 Å². The molecule has 2 rings (SSSR count). The number of hydrogen-bond donors (Lipinski definition) is 2. The highest BCUT2D eigenvalue weighted by atomic mass is 16.4. The van der Waals surface area contributed by atoms with Crippen molar-refractivity contribution in [3.63, 3.8) is 0 Å². The largest absolute Gasteiger partial charge is 0.481 e. The van der Waals surface area contributed by atoms with Crippen molar-refractivity contribution in [3.8, 4) is 0 Å². The first-order valence-electron chi connectivity index (χ1n) is 7.83. The van der Waals surface area contributed by atoms with Crippen molar-refractivity contribution in [2.45, 2.75) is 38.6 Å². The second kappa shape index (κ2) is 7.80. The van der Waals surface area contributed by atoms with Gasteiger partial charge in [-0.15, -0.1) is 0 Å². The molecule has 2 unspecified atom stereocenters. The summed E-state index contributed by atoms with van der Waals surface area (Å²) in [5, 5.41) is 11.5. The maximum absolute atomic E-state index is 12.4. The number of carboxylic acids is 1. The van der Waals surface area contributed by atoms with Crippen LogP contribution in [-0.2, 0) is 9.59 Å². The molecule has 1 aliphatic rings. The molecule has 0 spiro atoms. The highest BCUT2D eigenvalue weighted by Crippen LogP contribution is 2.20. The molecule has 2 atom stereocenters. The van der Waals surface area contributed by atoms with E-state index in [4.69, 9.17) is 9.52 Å². The van der Waals surface area contributed by atoms with Gasteiger partial charge in [-0.1, -0.05) is 6.92 Å². The highest BCUT2D eigenvalue weighted by Gasteiger charge is 2.33. The molecule has 0 saturated carbocycles. The van der Waals surface area contributed by atoms with Gasteiger partial charge in [0, 0.05) is 19.5 Å². The van der Waals surface area contributed by atoms with Gasteiger partial charge in [-0.2, -0.15) is 0 Å². The van der Waals surface area contributed by atoms with E-state index in [0.717, 1.165) is 12.8 Å².